The zero-order valence-electron chi connectivity index (χ0n) is 13.8. The Labute approximate surface area is 149 Å². The molecule has 0 radical (unpaired) electrons. The molecule has 1 aliphatic rings. The molecule has 132 valence electrons. The average Bonchev–Trinajstić information content (AvgIpc) is 3.09. The van der Waals surface area contributed by atoms with Crippen molar-refractivity contribution in [2.75, 3.05) is 20.2 Å². The number of aromatic nitrogens is 4. The number of hydrogen-bond acceptors (Lipinski definition) is 6. The summed E-state index contributed by atoms with van der Waals surface area (Å²) < 4.78 is 4.75. The van der Waals surface area contributed by atoms with E-state index in [1.165, 1.54) is 11.9 Å². The molecule has 0 spiro atoms. The molecular weight excluding hydrogens is 346 g/mol. The Hall–Kier alpha value is -2.48. The van der Waals surface area contributed by atoms with Gasteiger partial charge in [-0.05, 0) is 30.2 Å². The number of tetrazole rings is 1. The van der Waals surface area contributed by atoms with Crippen LogP contribution in [0.25, 0.3) is 11.4 Å². The molecule has 0 saturated carbocycles. The average molecular weight is 364 g/mol. The molecule has 0 atom stereocenters. The Balaban J connectivity index is 1.58. The Morgan fingerprint density at radius 3 is 2.76 bits per heavy atom. The van der Waals surface area contributed by atoms with E-state index in [-0.39, 0.29) is 24.3 Å². The quantitative estimate of drug-likeness (QED) is 0.763. The largest absolute Gasteiger partial charge is 0.469 e. The van der Waals surface area contributed by atoms with Crippen LogP contribution in [-0.2, 0) is 20.9 Å². The Morgan fingerprint density at radius 1 is 1.32 bits per heavy atom. The summed E-state index contributed by atoms with van der Waals surface area (Å²) in [6, 6.07) is 7.13. The first-order valence-corrected chi connectivity index (χ1v) is 8.34. The molecule has 1 aromatic heterocycles. The van der Waals surface area contributed by atoms with Crippen molar-refractivity contribution >= 4 is 23.5 Å². The van der Waals surface area contributed by atoms with Gasteiger partial charge in [-0.25, -0.2) is 0 Å². The fraction of sp³-hybridized carbons (Fsp3) is 0.438. The molecule has 0 unspecified atom stereocenters. The minimum Gasteiger partial charge on any atom is -0.469 e. The highest BCUT2D eigenvalue weighted by atomic mass is 35.5. The molecule has 0 N–H and O–H groups in total. The highest BCUT2D eigenvalue weighted by Gasteiger charge is 2.28. The third kappa shape index (κ3) is 4.14. The monoisotopic (exact) mass is 363 g/mol. The van der Waals surface area contributed by atoms with Crippen LogP contribution in [0.2, 0.25) is 5.02 Å². The number of methoxy groups -OCH3 is 1. The number of halogens is 1. The number of carbonyl (C=O) groups is 2. The summed E-state index contributed by atoms with van der Waals surface area (Å²) in [5.41, 5.74) is 0.741. The zero-order valence-corrected chi connectivity index (χ0v) is 14.5. The van der Waals surface area contributed by atoms with E-state index in [4.69, 9.17) is 16.3 Å². The second-order valence-corrected chi connectivity index (χ2v) is 6.27. The third-order valence-corrected chi connectivity index (χ3v) is 4.43. The maximum Gasteiger partial charge on any atom is 0.308 e. The topological polar surface area (TPSA) is 90.2 Å². The summed E-state index contributed by atoms with van der Waals surface area (Å²) in [4.78, 5) is 26.9. The summed E-state index contributed by atoms with van der Waals surface area (Å²) in [5.74, 6) is -0.0257. The lowest BCUT2D eigenvalue weighted by molar-refractivity contribution is -0.149. The lowest BCUT2D eigenvalue weighted by Crippen LogP contribution is -2.42. The second-order valence-electron chi connectivity index (χ2n) is 5.83. The minimum absolute atomic E-state index is 0.0104. The van der Waals surface area contributed by atoms with Crippen LogP contribution in [0.3, 0.4) is 0 Å². The van der Waals surface area contributed by atoms with Gasteiger partial charge < -0.3 is 9.64 Å². The predicted octanol–water partition coefficient (Wildman–Crippen LogP) is 1.41. The number of nitrogens with zero attached hydrogens (tertiary/aromatic N) is 5. The van der Waals surface area contributed by atoms with E-state index >= 15 is 0 Å². The van der Waals surface area contributed by atoms with Gasteiger partial charge in [-0.15, -0.1) is 10.2 Å². The van der Waals surface area contributed by atoms with E-state index in [0.29, 0.717) is 36.8 Å². The number of esters is 1. The standard InChI is InChI=1S/C16H18ClN5O3/c1-25-16(24)11-5-7-21(8-6-11)14(23)10-22-19-15(18-20-22)12-3-2-4-13(17)9-12/h2-4,9,11H,5-8,10H2,1H3. The number of likely N-dealkylation sites (tertiary alicyclic amines) is 1. The molecule has 9 heteroatoms. The summed E-state index contributed by atoms with van der Waals surface area (Å²) in [7, 11) is 1.38. The number of amides is 1. The van der Waals surface area contributed by atoms with Crippen molar-refractivity contribution in [2.45, 2.75) is 19.4 Å². The molecule has 1 aromatic carbocycles. The SMILES string of the molecule is COC(=O)C1CCN(C(=O)Cn2nnc(-c3cccc(Cl)c3)n2)CC1. The van der Waals surface area contributed by atoms with Crippen LogP contribution in [-0.4, -0.2) is 57.2 Å². The zero-order chi connectivity index (χ0) is 17.8. The maximum absolute atomic E-state index is 12.4. The van der Waals surface area contributed by atoms with Crippen LogP contribution < -0.4 is 0 Å². The maximum atomic E-state index is 12.4. The van der Waals surface area contributed by atoms with Crippen molar-refractivity contribution in [1.82, 2.24) is 25.1 Å². The number of hydrogen-bond donors (Lipinski definition) is 0. The van der Waals surface area contributed by atoms with Crippen molar-refractivity contribution in [3.63, 3.8) is 0 Å². The van der Waals surface area contributed by atoms with Gasteiger partial charge in [0, 0.05) is 23.7 Å². The lowest BCUT2D eigenvalue weighted by Gasteiger charge is -2.30. The van der Waals surface area contributed by atoms with E-state index in [1.807, 2.05) is 6.07 Å². The molecule has 1 fully saturated rings. The van der Waals surface area contributed by atoms with Crippen molar-refractivity contribution in [1.29, 1.82) is 0 Å². The van der Waals surface area contributed by atoms with Gasteiger partial charge in [-0.1, -0.05) is 23.7 Å². The van der Waals surface area contributed by atoms with Gasteiger partial charge in [0.2, 0.25) is 11.7 Å². The van der Waals surface area contributed by atoms with Crippen LogP contribution in [0, 0.1) is 5.92 Å². The van der Waals surface area contributed by atoms with Crippen LogP contribution in [0.1, 0.15) is 12.8 Å². The van der Waals surface area contributed by atoms with Gasteiger partial charge in [-0.2, -0.15) is 4.80 Å². The summed E-state index contributed by atoms with van der Waals surface area (Å²) >= 11 is 5.96. The Morgan fingerprint density at radius 2 is 2.08 bits per heavy atom. The molecule has 1 aliphatic heterocycles. The normalized spacial score (nSPS) is 15.2. The van der Waals surface area contributed by atoms with Gasteiger partial charge in [0.15, 0.2) is 0 Å². The van der Waals surface area contributed by atoms with Gasteiger partial charge in [0.05, 0.1) is 13.0 Å². The fourth-order valence-electron chi connectivity index (χ4n) is 2.81. The van der Waals surface area contributed by atoms with Crippen LogP contribution in [0.4, 0.5) is 0 Å². The van der Waals surface area contributed by atoms with Gasteiger partial charge in [0.25, 0.3) is 0 Å². The molecule has 8 nitrogen and oxygen atoms in total. The lowest BCUT2D eigenvalue weighted by atomic mass is 9.97. The van der Waals surface area contributed by atoms with Crippen molar-refractivity contribution in [2.24, 2.45) is 5.92 Å². The number of ether oxygens (including phenoxy) is 1. The molecule has 1 saturated heterocycles. The molecule has 2 heterocycles. The smallest absolute Gasteiger partial charge is 0.308 e. The predicted molar refractivity (Wildman–Crippen MR) is 89.6 cm³/mol. The number of rotatable bonds is 4. The van der Waals surface area contributed by atoms with E-state index in [2.05, 4.69) is 15.4 Å². The number of benzene rings is 1. The molecule has 0 aliphatic carbocycles. The van der Waals surface area contributed by atoms with Gasteiger partial charge in [0.1, 0.15) is 6.54 Å². The molecule has 1 amide bonds. The first kappa shape index (κ1) is 17.3. The first-order valence-electron chi connectivity index (χ1n) is 7.96. The molecule has 2 aromatic rings. The van der Waals surface area contributed by atoms with Gasteiger partial charge in [-0.3, -0.25) is 9.59 Å². The summed E-state index contributed by atoms with van der Waals surface area (Å²) in [6.45, 7) is 1.05. The number of carbonyl (C=O) groups excluding carboxylic acids is 2. The van der Waals surface area contributed by atoms with E-state index in [0.717, 1.165) is 5.56 Å². The third-order valence-electron chi connectivity index (χ3n) is 4.19. The van der Waals surface area contributed by atoms with Crippen LogP contribution >= 0.6 is 11.6 Å². The van der Waals surface area contributed by atoms with Crippen molar-refractivity contribution < 1.29 is 14.3 Å². The van der Waals surface area contributed by atoms with Gasteiger partial charge >= 0.3 is 5.97 Å². The minimum atomic E-state index is -0.212. The number of piperidine rings is 1. The van der Waals surface area contributed by atoms with Crippen molar-refractivity contribution in [3.8, 4) is 11.4 Å². The summed E-state index contributed by atoms with van der Waals surface area (Å²) in [5, 5.41) is 12.7. The molecular formula is C16H18ClN5O3. The van der Waals surface area contributed by atoms with Crippen LogP contribution in [0.15, 0.2) is 24.3 Å². The Bertz CT molecular complexity index is 771. The fourth-order valence-corrected chi connectivity index (χ4v) is 3.00. The van der Waals surface area contributed by atoms with E-state index in [1.54, 1.807) is 23.1 Å². The molecule has 0 bridgehead atoms. The van der Waals surface area contributed by atoms with E-state index in [9.17, 15) is 9.59 Å². The molecule has 3 rings (SSSR count). The van der Waals surface area contributed by atoms with Crippen LogP contribution in [0.5, 0.6) is 0 Å². The van der Waals surface area contributed by atoms with E-state index < -0.39 is 0 Å². The second kappa shape index (κ2) is 7.60. The molecule has 25 heavy (non-hydrogen) atoms. The van der Waals surface area contributed by atoms with Crippen molar-refractivity contribution in [3.05, 3.63) is 29.3 Å². The Kier molecular flexibility index (Phi) is 5.28. The highest BCUT2D eigenvalue weighted by molar-refractivity contribution is 6.30. The first-order chi connectivity index (χ1) is 12.1. The highest BCUT2D eigenvalue weighted by Crippen LogP contribution is 2.20. The summed E-state index contributed by atoms with van der Waals surface area (Å²) in [6.07, 6.45) is 1.22.